The largest absolute Gasteiger partial charge is 0.494 e. The monoisotopic (exact) mass is 341 g/mol. The summed E-state index contributed by atoms with van der Waals surface area (Å²) in [5.41, 5.74) is 3.03. The zero-order valence-corrected chi connectivity index (χ0v) is 14.4. The molecule has 1 amide bonds. The first-order valence-corrected chi connectivity index (χ1v) is 8.39. The van der Waals surface area contributed by atoms with Crippen molar-refractivity contribution in [1.82, 2.24) is 9.99 Å². The van der Waals surface area contributed by atoms with Crippen molar-refractivity contribution in [2.45, 2.75) is 32.7 Å². The number of amides is 1. The van der Waals surface area contributed by atoms with Crippen molar-refractivity contribution in [2.75, 3.05) is 6.61 Å². The number of hydrogen-bond donors (Lipinski definition) is 1. The lowest BCUT2D eigenvalue weighted by atomic mass is 10.2. The van der Waals surface area contributed by atoms with Crippen LogP contribution in [-0.2, 0) is 11.3 Å². The van der Waals surface area contributed by atoms with Crippen LogP contribution in [0, 0.1) is 0 Å². The number of benzene rings is 1. The fraction of sp³-hybridized carbons (Fsp3) is 0.316. The van der Waals surface area contributed by atoms with Gasteiger partial charge in [-0.25, -0.2) is 5.43 Å². The highest BCUT2D eigenvalue weighted by Gasteiger charge is 2.02. The molecule has 0 saturated carbocycles. The summed E-state index contributed by atoms with van der Waals surface area (Å²) >= 11 is 0. The van der Waals surface area contributed by atoms with Gasteiger partial charge in [-0.05, 0) is 42.3 Å². The smallest absolute Gasteiger partial charge is 0.260 e. The Bertz CT molecular complexity index is 751. The van der Waals surface area contributed by atoms with Crippen molar-refractivity contribution in [3.63, 3.8) is 0 Å². The molecule has 1 N–H and O–H groups in total. The van der Waals surface area contributed by atoms with Crippen LogP contribution in [0.25, 0.3) is 0 Å². The van der Waals surface area contributed by atoms with E-state index in [4.69, 9.17) is 4.74 Å². The molecule has 0 aliphatic rings. The van der Waals surface area contributed by atoms with Gasteiger partial charge in [-0.2, -0.15) is 5.10 Å². The number of hydrogen-bond acceptors (Lipinski definition) is 4. The van der Waals surface area contributed by atoms with Crippen LogP contribution in [0.1, 0.15) is 31.7 Å². The molecule has 0 saturated heterocycles. The molecule has 0 bridgehead atoms. The lowest BCUT2D eigenvalue weighted by molar-refractivity contribution is -0.121. The van der Waals surface area contributed by atoms with E-state index < -0.39 is 0 Å². The molecule has 0 atom stereocenters. The number of pyridine rings is 1. The molecule has 2 rings (SSSR count). The Kier molecular flexibility index (Phi) is 7.43. The second-order valence-corrected chi connectivity index (χ2v) is 5.58. The predicted octanol–water partition coefficient (Wildman–Crippen LogP) is 2.57. The van der Waals surface area contributed by atoms with Crippen LogP contribution in [0.5, 0.6) is 5.75 Å². The Morgan fingerprint density at radius 2 is 2.00 bits per heavy atom. The predicted molar refractivity (Wildman–Crippen MR) is 97.9 cm³/mol. The maximum absolute atomic E-state index is 11.8. The summed E-state index contributed by atoms with van der Waals surface area (Å²) in [6, 6.07) is 12.2. The van der Waals surface area contributed by atoms with Crippen molar-refractivity contribution in [3.8, 4) is 5.75 Å². The second-order valence-electron chi connectivity index (χ2n) is 5.58. The normalized spacial score (nSPS) is 10.8. The minimum atomic E-state index is -0.361. The molecule has 25 heavy (non-hydrogen) atoms. The van der Waals surface area contributed by atoms with E-state index in [1.807, 2.05) is 24.3 Å². The van der Waals surface area contributed by atoms with Gasteiger partial charge in [0.15, 0.2) is 0 Å². The van der Waals surface area contributed by atoms with Gasteiger partial charge in [0.2, 0.25) is 0 Å². The van der Waals surface area contributed by atoms with Gasteiger partial charge >= 0.3 is 0 Å². The lowest BCUT2D eigenvalue weighted by Gasteiger charge is -2.05. The molecular formula is C19H23N3O3. The zero-order chi connectivity index (χ0) is 17.9. The molecule has 1 aromatic carbocycles. The Morgan fingerprint density at radius 3 is 2.72 bits per heavy atom. The van der Waals surface area contributed by atoms with E-state index in [0.717, 1.165) is 24.3 Å². The number of hydrazone groups is 1. The average Bonchev–Trinajstić information content (AvgIpc) is 2.62. The minimum Gasteiger partial charge on any atom is -0.494 e. The van der Waals surface area contributed by atoms with Crippen LogP contribution >= 0.6 is 0 Å². The third-order valence-corrected chi connectivity index (χ3v) is 3.51. The molecule has 0 aliphatic carbocycles. The fourth-order valence-corrected chi connectivity index (χ4v) is 2.15. The number of aromatic nitrogens is 1. The number of carbonyl (C=O) groups is 1. The third kappa shape index (κ3) is 6.63. The van der Waals surface area contributed by atoms with Crippen LogP contribution in [-0.4, -0.2) is 23.3 Å². The van der Waals surface area contributed by atoms with Gasteiger partial charge in [0.25, 0.3) is 11.5 Å². The molecule has 0 aliphatic heterocycles. The van der Waals surface area contributed by atoms with Crippen LogP contribution in [0.15, 0.2) is 58.6 Å². The Labute approximate surface area is 147 Å². The standard InChI is InChI=1S/C19H23N3O3/c1-2-3-6-13-25-17-10-8-16(9-11-17)14-20-21-18(23)15-22-12-5-4-7-19(22)24/h4-5,7-12,14H,2-3,6,13,15H2,1H3,(H,21,23)/b20-14-. The molecular weight excluding hydrogens is 318 g/mol. The van der Waals surface area contributed by atoms with Crippen molar-refractivity contribution in [3.05, 3.63) is 64.6 Å². The van der Waals surface area contributed by atoms with Gasteiger partial charge in [0.05, 0.1) is 12.8 Å². The fourth-order valence-electron chi connectivity index (χ4n) is 2.15. The molecule has 1 heterocycles. The molecule has 6 heteroatoms. The summed E-state index contributed by atoms with van der Waals surface area (Å²) in [5.74, 6) is 0.459. The number of nitrogens with one attached hydrogen (secondary N) is 1. The quantitative estimate of drug-likeness (QED) is 0.433. The summed E-state index contributed by atoms with van der Waals surface area (Å²) in [6.07, 6.45) is 6.50. The number of carbonyl (C=O) groups excluding carboxylic acids is 1. The molecule has 132 valence electrons. The van der Waals surface area contributed by atoms with Crippen molar-refractivity contribution >= 4 is 12.1 Å². The van der Waals surface area contributed by atoms with Gasteiger partial charge in [-0.1, -0.05) is 25.8 Å². The van der Waals surface area contributed by atoms with E-state index in [1.165, 1.54) is 23.5 Å². The van der Waals surface area contributed by atoms with Gasteiger partial charge in [0.1, 0.15) is 12.3 Å². The van der Waals surface area contributed by atoms with Crippen LogP contribution in [0.2, 0.25) is 0 Å². The van der Waals surface area contributed by atoms with Crippen LogP contribution in [0.3, 0.4) is 0 Å². The average molecular weight is 341 g/mol. The highest BCUT2D eigenvalue weighted by atomic mass is 16.5. The summed E-state index contributed by atoms with van der Waals surface area (Å²) in [6.45, 7) is 2.81. The molecule has 0 fully saturated rings. The van der Waals surface area contributed by atoms with Crippen molar-refractivity contribution in [1.29, 1.82) is 0 Å². The summed E-state index contributed by atoms with van der Waals surface area (Å²) < 4.78 is 6.95. The first kappa shape index (κ1) is 18.4. The highest BCUT2D eigenvalue weighted by molar-refractivity contribution is 5.82. The molecule has 0 radical (unpaired) electrons. The first-order valence-electron chi connectivity index (χ1n) is 8.39. The molecule has 6 nitrogen and oxygen atoms in total. The maximum atomic E-state index is 11.8. The van der Waals surface area contributed by atoms with Crippen LogP contribution < -0.4 is 15.7 Å². The van der Waals surface area contributed by atoms with E-state index >= 15 is 0 Å². The van der Waals surface area contributed by atoms with Crippen molar-refractivity contribution in [2.24, 2.45) is 5.10 Å². The zero-order valence-electron chi connectivity index (χ0n) is 14.4. The lowest BCUT2D eigenvalue weighted by Crippen LogP contribution is -2.28. The Morgan fingerprint density at radius 1 is 1.20 bits per heavy atom. The van der Waals surface area contributed by atoms with Gasteiger partial charge in [-0.3, -0.25) is 9.59 Å². The van der Waals surface area contributed by atoms with Gasteiger partial charge in [0, 0.05) is 12.3 Å². The second kappa shape index (κ2) is 10.1. The molecule has 0 unspecified atom stereocenters. The number of unbranched alkanes of at least 4 members (excludes halogenated alkanes) is 2. The summed E-state index contributed by atoms with van der Waals surface area (Å²) in [5, 5.41) is 3.90. The highest BCUT2D eigenvalue weighted by Crippen LogP contribution is 2.11. The van der Waals surface area contributed by atoms with E-state index in [2.05, 4.69) is 17.5 Å². The van der Waals surface area contributed by atoms with E-state index in [1.54, 1.807) is 24.5 Å². The topological polar surface area (TPSA) is 72.7 Å². The van der Waals surface area contributed by atoms with Gasteiger partial charge < -0.3 is 9.30 Å². The number of rotatable bonds is 9. The minimum absolute atomic E-state index is 0.0679. The maximum Gasteiger partial charge on any atom is 0.260 e. The Hall–Kier alpha value is -2.89. The SMILES string of the molecule is CCCCCOc1ccc(/C=N\NC(=O)Cn2ccccc2=O)cc1. The van der Waals surface area contributed by atoms with E-state index in [9.17, 15) is 9.59 Å². The summed E-state index contributed by atoms with van der Waals surface area (Å²) in [4.78, 5) is 23.3. The van der Waals surface area contributed by atoms with Gasteiger partial charge in [-0.15, -0.1) is 0 Å². The number of ether oxygens (including phenoxy) is 1. The van der Waals surface area contributed by atoms with Crippen molar-refractivity contribution < 1.29 is 9.53 Å². The molecule has 1 aromatic heterocycles. The third-order valence-electron chi connectivity index (χ3n) is 3.51. The number of nitrogens with zero attached hydrogens (tertiary/aromatic N) is 2. The van der Waals surface area contributed by atoms with E-state index in [0.29, 0.717) is 0 Å². The first-order chi connectivity index (χ1) is 12.2. The van der Waals surface area contributed by atoms with Crippen LogP contribution in [0.4, 0.5) is 0 Å². The molecule has 2 aromatic rings. The van der Waals surface area contributed by atoms with E-state index in [-0.39, 0.29) is 18.0 Å². The summed E-state index contributed by atoms with van der Waals surface area (Å²) in [7, 11) is 0. The molecule has 0 spiro atoms. The Balaban J connectivity index is 1.78.